The van der Waals surface area contributed by atoms with Gasteiger partial charge in [-0.05, 0) is 37.6 Å². The predicted molar refractivity (Wildman–Crippen MR) is 104 cm³/mol. The van der Waals surface area contributed by atoms with E-state index in [-0.39, 0.29) is 11.9 Å². The van der Waals surface area contributed by atoms with Gasteiger partial charge in [0.15, 0.2) is 11.5 Å². The highest BCUT2D eigenvalue weighted by molar-refractivity contribution is 7.09. The van der Waals surface area contributed by atoms with Gasteiger partial charge in [0, 0.05) is 11.8 Å². The van der Waals surface area contributed by atoms with Crippen LogP contribution in [0.1, 0.15) is 53.8 Å². The fraction of sp³-hybridized carbons (Fsp3) is 0.474. The summed E-state index contributed by atoms with van der Waals surface area (Å²) in [7, 11) is 1.61. The first-order chi connectivity index (χ1) is 12.6. The Kier molecular flexibility index (Phi) is 7.87. The molecule has 1 aromatic heterocycles. The maximum Gasteiger partial charge on any atom is 0.271 e. The van der Waals surface area contributed by atoms with E-state index in [0.29, 0.717) is 36.8 Å². The normalized spacial score (nSPS) is 11.8. The zero-order valence-electron chi connectivity index (χ0n) is 15.6. The summed E-state index contributed by atoms with van der Waals surface area (Å²) in [5.41, 5.74) is 6.89. The summed E-state index contributed by atoms with van der Waals surface area (Å²) < 4.78 is 11.2. The van der Waals surface area contributed by atoms with Crippen molar-refractivity contribution in [2.45, 2.75) is 39.2 Å². The fourth-order valence-corrected chi connectivity index (χ4v) is 3.20. The maximum atomic E-state index is 12.4. The summed E-state index contributed by atoms with van der Waals surface area (Å²) in [5.74, 6) is 1.19. The molecule has 1 atom stereocenters. The van der Waals surface area contributed by atoms with E-state index >= 15 is 0 Å². The third kappa shape index (κ3) is 5.44. The molecule has 1 aromatic carbocycles. The molecule has 0 aliphatic heterocycles. The highest BCUT2D eigenvalue weighted by atomic mass is 32.1. The van der Waals surface area contributed by atoms with Gasteiger partial charge in [0.25, 0.3) is 5.91 Å². The molecule has 1 unspecified atom stereocenters. The van der Waals surface area contributed by atoms with E-state index in [1.165, 1.54) is 11.3 Å². The number of carbonyl (C=O) groups excluding carboxylic acids is 1. The summed E-state index contributed by atoms with van der Waals surface area (Å²) in [6, 6.07) is 5.54. The lowest BCUT2D eigenvalue weighted by Crippen LogP contribution is -2.27. The lowest BCUT2D eigenvalue weighted by molar-refractivity contribution is 0.0935. The van der Waals surface area contributed by atoms with Crippen molar-refractivity contribution < 1.29 is 14.3 Å². The number of rotatable bonds is 10. The molecule has 0 saturated heterocycles. The summed E-state index contributed by atoms with van der Waals surface area (Å²) >= 11 is 1.45. The van der Waals surface area contributed by atoms with Crippen LogP contribution in [0.25, 0.3) is 0 Å². The molecule has 0 aliphatic carbocycles. The van der Waals surface area contributed by atoms with E-state index in [2.05, 4.69) is 17.2 Å². The van der Waals surface area contributed by atoms with E-state index in [4.69, 9.17) is 15.2 Å². The molecule has 2 rings (SSSR count). The molecule has 0 radical (unpaired) electrons. The fourth-order valence-electron chi connectivity index (χ4n) is 2.41. The van der Waals surface area contributed by atoms with Gasteiger partial charge in [-0.15, -0.1) is 11.3 Å². The SMILES string of the molecule is CCCCOc1ccc(C(C)NC(=O)c2csc(CCN)n2)cc1OC. The number of amides is 1. The number of ether oxygens (including phenoxy) is 2. The van der Waals surface area contributed by atoms with Gasteiger partial charge in [0.1, 0.15) is 5.69 Å². The number of hydrogen-bond acceptors (Lipinski definition) is 6. The number of nitrogens with one attached hydrogen (secondary N) is 1. The quantitative estimate of drug-likeness (QED) is 0.620. The van der Waals surface area contributed by atoms with Crippen LogP contribution in [-0.2, 0) is 6.42 Å². The van der Waals surface area contributed by atoms with E-state index in [0.717, 1.165) is 23.4 Å². The van der Waals surface area contributed by atoms with Crippen molar-refractivity contribution in [3.05, 3.63) is 39.8 Å². The maximum absolute atomic E-state index is 12.4. The van der Waals surface area contributed by atoms with Crippen LogP contribution in [0.4, 0.5) is 0 Å². The second-order valence-corrected chi connectivity index (χ2v) is 6.92. The number of thiazole rings is 1. The van der Waals surface area contributed by atoms with Gasteiger partial charge in [-0.2, -0.15) is 0 Å². The smallest absolute Gasteiger partial charge is 0.271 e. The van der Waals surface area contributed by atoms with E-state index < -0.39 is 0 Å². The van der Waals surface area contributed by atoms with Crippen LogP contribution >= 0.6 is 11.3 Å². The molecule has 0 saturated carbocycles. The van der Waals surface area contributed by atoms with Gasteiger partial charge >= 0.3 is 0 Å². The van der Waals surface area contributed by atoms with Gasteiger partial charge in [-0.3, -0.25) is 4.79 Å². The van der Waals surface area contributed by atoms with Crippen molar-refractivity contribution in [2.75, 3.05) is 20.3 Å². The van der Waals surface area contributed by atoms with Crippen molar-refractivity contribution in [3.8, 4) is 11.5 Å². The van der Waals surface area contributed by atoms with Crippen LogP contribution in [0.3, 0.4) is 0 Å². The molecule has 26 heavy (non-hydrogen) atoms. The number of hydrogen-bond donors (Lipinski definition) is 2. The van der Waals surface area contributed by atoms with Crippen molar-refractivity contribution in [1.29, 1.82) is 0 Å². The third-order valence-electron chi connectivity index (χ3n) is 3.93. The largest absolute Gasteiger partial charge is 0.493 e. The van der Waals surface area contributed by atoms with Gasteiger partial charge in [-0.1, -0.05) is 19.4 Å². The van der Waals surface area contributed by atoms with Crippen LogP contribution in [0.15, 0.2) is 23.6 Å². The summed E-state index contributed by atoms with van der Waals surface area (Å²) in [4.78, 5) is 16.7. The number of nitrogens with two attached hydrogens (primary N) is 1. The number of nitrogens with zero attached hydrogens (tertiary/aromatic N) is 1. The molecule has 0 fully saturated rings. The molecule has 2 aromatic rings. The minimum atomic E-state index is -0.195. The highest BCUT2D eigenvalue weighted by Crippen LogP contribution is 2.30. The number of methoxy groups -OCH3 is 1. The Balaban J connectivity index is 2.03. The Morgan fingerprint density at radius 2 is 2.19 bits per heavy atom. The van der Waals surface area contributed by atoms with Gasteiger partial charge in [0.2, 0.25) is 0 Å². The molecule has 142 valence electrons. The number of carbonyl (C=O) groups is 1. The van der Waals surface area contributed by atoms with Crippen LogP contribution in [0, 0.1) is 0 Å². The molecular weight excluding hydrogens is 350 g/mol. The molecule has 1 amide bonds. The van der Waals surface area contributed by atoms with Crippen LogP contribution in [-0.4, -0.2) is 31.2 Å². The van der Waals surface area contributed by atoms with E-state index in [1.807, 2.05) is 25.1 Å². The minimum Gasteiger partial charge on any atom is -0.493 e. The molecule has 3 N–H and O–H groups in total. The second kappa shape index (κ2) is 10.1. The molecule has 0 bridgehead atoms. The Labute approximate surface area is 158 Å². The monoisotopic (exact) mass is 377 g/mol. The van der Waals surface area contributed by atoms with Gasteiger partial charge < -0.3 is 20.5 Å². The average molecular weight is 378 g/mol. The Bertz CT molecular complexity index is 718. The molecule has 0 spiro atoms. The summed E-state index contributed by atoms with van der Waals surface area (Å²) in [6.45, 7) is 5.23. The molecule has 6 nitrogen and oxygen atoms in total. The Morgan fingerprint density at radius 3 is 2.88 bits per heavy atom. The molecular formula is C19H27N3O3S. The number of benzene rings is 1. The topological polar surface area (TPSA) is 86.5 Å². The average Bonchev–Trinajstić information content (AvgIpc) is 3.11. The van der Waals surface area contributed by atoms with Crippen LogP contribution < -0.4 is 20.5 Å². The Morgan fingerprint density at radius 1 is 1.38 bits per heavy atom. The zero-order chi connectivity index (χ0) is 18.9. The second-order valence-electron chi connectivity index (χ2n) is 5.97. The van der Waals surface area contributed by atoms with Gasteiger partial charge in [-0.25, -0.2) is 4.98 Å². The first-order valence-corrected chi connectivity index (χ1v) is 9.73. The zero-order valence-corrected chi connectivity index (χ0v) is 16.4. The van der Waals surface area contributed by atoms with Crippen molar-refractivity contribution in [2.24, 2.45) is 5.73 Å². The van der Waals surface area contributed by atoms with E-state index in [1.54, 1.807) is 12.5 Å². The molecule has 1 heterocycles. The van der Waals surface area contributed by atoms with Crippen LogP contribution in [0.2, 0.25) is 0 Å². The van der Waals surface area contributed by atoms with E-state index in [9.17, 15) is 4.79 Å². The van der Waals surface area contributed by atoms with Gasteiger partial charge in [0.05, 0.1) is 24.8 Å². The lowest BCUT2D eigenvalue weighted by Gasteiger charge is -2.17. The predicted octanol–water partition coefficient (Wildman–Crippen LogP) is 3.32. The molecule has 7 heteroatoms. The number of unbranched alkanes of at least 4 members (excludes halogenated alkanes) is 1. The lowest BCUT2D eigenvalue weighted by atomic mass is 10.1. The van der Waals surface area contributed by atoms with Crippen molar-refractivity contribution in [3.63, 3.8) is 0 Å². The van der Waals surface area contributed by atoms with Crippen LogP contribution in [0.5, 0.6) is 11.5 Å². The van der Waals surface area contributed by atoms with Crippen molar-refractivity contribution >= 4 is 17.2 Å². The van der Waals surface area contributed by atoms with Crippen molar-refractivity contribution in [1.82, 2.24) is 10.3 Å². The first-order valence-electron chi connectivity index (χ1n) is 8.85. The summed E-state index contributed by atoms with van der Waals surface area (Å²) in [6.07, 6.45) is 2.76. The standard InChI is InChI=1S/C19H27N3O3S/c1-4-5-10-25-16-7-6-14(11-17(16)24-3)13(2)21-19(23)15-12-26-18(22-15)8-9-20/h6-7,11-13H,4-5,8-10,20H2,1-3H3,(H,21,23). The highest BCUT2D eigenvalue weighted by Gasteiger charge is 2.16. The number of aromatic nitrogens is 1. The minimum absolute atomic E-state index is 0.180. The molecule has 0 aliphatic rings. The summed E-state index contributed by atoms with van der Waals surface area (Å²) in [5, 5.41) is 5.61. The first kappa shape index (κ1) is 20.2. The Hall–Kier alpha value is -2.12. The third-order valence-corrected chi connectivity index (χ3v) is 4.84.